The highest BCUT2D eigenvalue weighted by molar-refractivity contribution is 5.77. The van der Waals surface area contributed by atoms with Gasteiger partial charge in [0, 0.05) is 6.07 Å². The molecule has 0 saturated heterocycles. The molecule has 3 aromatic rings. The van der Waals surface area contributed by atoms with Gasteiger partial charge < -0.3 is 19.2 Å². The summed E-state index contributed by atoms with van der Waals surface area (Å²) >= 11 is 0. The molecule has 0 fully saturated rings. The van der Waals surface area contributed by atoms with Crippen molar-refractivity contribution in [3.05, 3.63) is 30.7 Å². The lowest BCUT2D eigenvalue weighted by Crippen LogP contribution is -2.24. The fraction of sp³-hybridized carbons (Fsp3) is 0.250. The number of carbonyl (C=O) groups excluding carboxylic acids is 1. The van der Waals surface area contributed by atoms with E-state index in [2.05, 4.69) is 24.7 Å². The van der Waals surface area contributed by atoms with Crippen LogP contribution in [0, 0.1) is 0 Å². The molecule has 24 heavy (non-hydrogen) atoms. The van der Waals surface area contributed by atoms with E-state index in [0.717, 1.165) is 5.56 Å². The van der Waals surface area contributed by atoms with Crippen molar-refractivity contribution in [3.63, 3.8) is 0 Å². The Morgan fingerprint density at radius 1 is 1.29 bits per heavy atom. The normalized spacial score (nSPS) is 12.0. The zero-order chi connectivity index (χ0) is 17.1. The van der Waals surface area contributed by atoms with E-state index in [9.17, 15) is 4.79 Å². The van der Waals surface area contributed by atoms with Crippen LogP contribution in [0.2, 0.25) is 0 Å². The summed E-state index contributed by atoms with van der Waals surface area (Å²) in [6.07, 6.45) is 2.36. The van der Waals surface area contributed by atoms with Crippen molar-refractivity contribution in [2.45, 2.75) is 13.0 Å². The van der Waals surface area contributed by atoms with Crippen LogP contribution < -0.4 is 9.47 Å². The van der Waals surface area contributed by atoms with Crippen molar-refractivity contribution < 1.29 is 19.0 Å². The average Bonchev–Trinajstić information content (AvgIpc) is 3.04. The van der Waals surface area contributed by atoms with Crippen LogP contribution in [0.25, 0.3) is 22.6 Å². The molecule has 0 spiro atoms. The van der Waals surface area contributed by atoms with Gasteiger partial charge in [-0.1, -0.05) is 0 Å². The van der Waals surface area contributed by atoms with E-state index in [1.54, 1.807) is 38.4 Å². The number of esters is 1. The van der Waals surface area contributed by atoms with E-state index in [1.807, 2.05) is 0 Å². The number of aromatic amines is 1. The van der Waals surface area contributed by atoms with Crippen molar-refractivity contribution in [3.8, 4) is 22.9 Å². The number of nitrogens with zero attached hydrogens (tertiary/aromatic N) is 3. The third-order valence-corrected chi connectivity index (χ3v) is 3.44. The lowest BCUT2D eigenvalue weighted by molar-refractivity contribution is -0.147. The second-order valence-corrected chi connectivity index (χ2v) is 4.99. The van der Waals surface area contributed by atoms with Crippen molar-refractivity contribution in [2.75, 3.05) is 14.2 Å². The summed E-state index contributed by atoms with van der Waals surface area (Å²) in [5.41, 5.74) is 2.05. The maximum Gasteiger partial charge on any atom is 0.346 e. The first kappa shape index (κ1) is 15.7. The average molecular weight is 328 g/mol. The fourth-order valence-electron chi connectivity index (χ4n) is 2.25. The first-order valence-corrected chi connectivity index (χ1v) is 7.21. The van der Waals surface area contributed by atoms with Gasteiger partial charge in [0.2, 0.25) is 0 Å². The number of aromatic nitrogens is 4. The largest absolute Gasteiger partial charge is 0.496 e. The Balaban J connectivity index is 1.93. The monoisotopic (exact) mass is 328 g/mol. The van der Waals surface area contributed by atoms with Crippen molar-refractivity contribution in [2.24, 2.45) is 0 Å². The molecule has 1 N–H and O–H groups in total. The van der Waals surface area contributed by atoms with Crippen LogP contribution in [-0.4, -0.2) is 46.2 Å². The van der Waals surface area contributed by atoms with Crippen molar-refractivity contribution in [1.29, 1.82) is 0 Å². The number of nitrogens with one attached hydrogen (secondary N) is 1. The molecule has 124 valence electrons. The topological polar surface area (TPSA) is 99.2 Å². The Morgan fingerprint density at radius 3 is 2.83 bits per heavy atom. The van der Waals surface area contributed by atoms with E-state index >= 15 is 0 Å². The molecule has 0 aliphatic heterocycles. The van der Waals surface area contributed by atoms with E-state index in [0.29, 0.717) is 28.5 Å². The molecule has 8 heteroatoms. The SMILES string of the molecule is COC(=O)C(C)Oc1ccc(-c2nc3cncnc3[nH]2)c(OC)c1. The van der Waals surface area contributed by atoms with Crippen LogP contribution in [0.5, 0.6) is 11.5 Å². The van der Waals surface area contributed by atoms with Gasteiger partial charge in [-0.25, -0.2) is 19.7 Å². The highest BCUT2D eigenvalue weighted by Gasteiger charge is 2.17. The molecular weight excluding hydrogens is 312 g/mol. The Labute approximate surface area is 137 Å². The zero-order valence-corrected chi connectivity index (χ0v) is 13.4. The predicted octanol–water partition coefficient (Wildman–Crippen LogP) is 1.97. The minimum atomic E-state index is -0.716. The van der Waals surface area contributed by atoms with Gasteiger partial charge in [-0.15, -0.1) is 0 Å². The number of rotatable bonds is 5. The number of hydrogen-bond donors (Lipinski definition) is 1. The minimum absolute atomic E-state index is 0.450. The maximum absolute atomic E-state index is 11.5. The summed E-state index contributed by atoms with van der Waals surface area (Å²) in [6, 6.07) is 5.22. The maximum atomic E-state index is 11.5. The van der Waals surface area contributed by atoms with Crippen LogP contribution in [-0.2, 0) is 9.53 Å². The van der Waals surface area contributed by atoms with Gasteiger partial charge in [0.05, 0.1) is 26.0 Å². The minimum Gasteiger partial charge on any atom is -0.496 e. The molecule has 0 aliphatic rings. The first-order valence-electron chi connectivity index (χ1n) is 7.21. The van der Waals surface area contributed by atoms with Gasteiger partial charge in [0.25, 0.3) is 0 Å². The fourth-order valence-corrected chi connectivity index (χ4v) is 2.25. The lowest BCUT2D eigenvalue weighted by Gasteiger charge is -2.14. The molecule has 8 nitrogen and oxygen atoms in total. The van der Waals surface area contributed by atoms with E-state index < -0.39 is 12.1 Å². The van der Waals surface area contributed by atoms with Crippen LogP contribution in [0.1, 0.15) is 6.92 Å². The summed E-state index contributed by atoms with van der Waals surface area (Å²) in [7, 11) is 2.87. The molecule has 1 aromatic carbocycles. The summed E-state index contributed by atoms with van der Waals surface area (Å²) < 4.78 is 15.6. The second kappa shape index (κ2) is 6.53. The standard InChI is InChI=1S/C16H16N4O4/c1-9(16(21)23-3)24-10-4-5-11(13(6-10)22-2)14-19-12-7-17-8-18-15(12)20-14/h4-9H,1-3H3,(H,17,18,19,20). The molecule has 0 bridgehead atoms. The van der Waals surface area contributed by atoms with Crippen molar-refractivity contribution >= 4 is 17.1 Å². The number of H-pyrrole nitrogens is 1. The summed E-state index contributed by atoms with van der Waals surface area (Å²) in [4.78, 5) is 27.1. The van der Waals surface area contributed by atoms with Crippen LogP contribution >= 0.6 is 0 Å². The van der Waals surface area contributed by atoms with Gasteiger partial charge in [-0.3, -0.25) is 0 Å². The van der Waals surface area contributed by atoms with Gasteiger partial charge >= 0.3 is 5.97 Å². The Morgan fingerprint density at radius 2 is 2.12 bits per heavy atom. The van der Waals surface area contributed by atoms with Gasteiger partial charge in [0.15, 0.2) is 11.8 Å². The van der Waals surface area contributed by atoms with Crippen LogP contribution in [0.15, 0.2) is 30.7 Å². The molecule has 1 unspecified atom stereocenters. The molecule has 3 rings (SSSR count). The zero-order valence-electron chi connectivity index (χ0n) is 13.4. The molecule has 0 saturated carbocycles. The first-order chi connectivity index (χ1) is 11.6. The molecule has 0 amide bonds. The number of hydrogen-bond acceptors (Lipinski definition) is 7. The van der Waals surface area contributed by atoms with Crippen molar-refractivity contribution in [1.82, 2.24) is 19.9 Å². The van der Waals surface area contributed by atoms with E-state index in [1.165, 1.54) is 13.4 Å². The highest BCUT2D eigenvalue weighted by Crippen LogP contribution is 2.32. The number of imidazole rings is 1. The van der Waals surface area contributed by atoms with Crippen LogP contribution in [0.4, 0.5) is 0 Å². The molecule has 0 radical (unpaired) electrons. The summed E-state index contributed by atoms with van der Waals surface area (Å²) in [6.45, 7) is 1.62. The smallest absolute Gasteiger partial charge is 0.346 e. The molecule has 1 atom stereocenters. The van der Waals surface area contributed by atoms with E-state index in [-0.39, 0.29) is 0 Å². The quantitative estimate of drug-likeness (QED) is 0.715. The van der Waals surface area contributed by atoms with E-state index in [4.69, 9.17) is 9.47 Å². The van der Waals surface area contributed by atoms with Gasteiger partial charge in [0.1, 0.15) is 29.2 Å². The van der Waals surface area contributed by atoms with Crippen LogP contribution in [0.3, 0.4) is 0 Å². The number of ether oxygens (including phenoxy) is 3. The number of benzene rings is 1. The second-order valence-electron chi connectivity index (χ2n) is 4.99. The number of methoxy groups -OCH3 is 2. The summed E-state index contributed by atoms with van der Waals surface area (Å²) in [5.74, 6) is 1.20. The Hall–Kier alpha value is -3.16. The lowest BCUT2D eigenvalue weighted by atomic mass is 10.2. The third-order valence-electron chi connectivity index (χ3n) is 3.44. The molecule has 2 aromatic heterocycles. The third kappa shape index (κ3) is 2.98. The highest BCUT2D eigenvalue weighted by atomic mass is 16.6. The Bertz CT molecular complexity index is 844. The predicted molar refractivity (Wildman–Crippen MR) is 85.8 cm³/mol. The van der Waals surface area contributed by atoms with Gasteiger partial charge in [-0.2, -0.15) is 0 Å². The number of fused-ring (bicyclic) bond motifs is 1. The number of carbonyl (C=O) groups is 1. The molecule has 2 heterocycles. The molecular formula is C16H16N4O4. The molecule has 0 aliphatic carbocycles. The Kier molecular flexibility index (Phi) is 4.28. The summed E-state index contributed by atoms with van der Waals surface area (Å²) in [5, 5.41) is 0. The van der Waals surface area contributed by atoms with Gasteiger partial charge in [-0.05, 0) is 19.1 Å².